The number of aliphatic carboxylic acids is 2. The number of carbonyl (C=O) groups excluding carboxylic acids is 1. The molecule has 0 aliphatic rings. The lowest BCUT2D eigenvalue weighted by molar-refractivity contribution is -0.957. The van der Waals surface area contributed by atoms with Gasteiger partial charge in [0.1, 0.15) is 12.4 Å². The molecule has 0 fully saturated rings. The highest BCUT2D eigenvalue weighted by Crippen LogP contribution is 2.34. The van der Waals surface area contributed by atoms with Gasteiger partial charge >= 0.3 is 5.97 Å². The van der Waals surface area contributed by atoms with E-state index in [4.69, 9.17) is 0 Å². The van der Waals surface area contributed by atoms with Gasteiger partial charge in [-0.05, 0) is 12.8 Å². The van der Waals surface area contributed by atoms with Crippen LogP contribution in [0.25, 0.3) is 0 Å². The van der Waals surface area contributed by atoms with E-state index in [0.717, 1.165) is 19.3 Å². The van der Waals surface area contributed by atoms with Crippen molar-refractivity contribution in [1.82, 2.24) is 0 Å². The summed E-state index contributed by atoms with van der Waals surface area (Å²) < 4.78 is -0.125. The first-order valence-electron chi connectivity index (χ1n) is 11.7. The molecule has 0 bridgehead atoms. The number of carboxylic acids is 2. The van der Waals surface area contributed by atoms with E-state index in [1.807, 2.05) is 0 Å². The second-order valence-electron chi connectivity index (χ2n) is 9.04. The molecule has 0 rings (SSSR count). The van der Waals surface area contributed by atoms with Crippen LogP contribution < -0.4 is 5.11 Å². The highest BCUT2D eigenvalue weighted by atomic mass is 16.4. The molecule has 0 amide bonds. The lowest BCUT2D eigenvalue weighted by Gasteiger charge is -2.53. The molecule has 0 saturated carbocycles. The maximum atomic E-state index is 12.1. The minimum atomic E-state index is -1.74. The van der Waals surface area contributed by atoms with Crippen LogP contribution in [0.2, 0.25) is 0 Å². The smallest absolute Gasteiger partial charge is 0.310 e. The van der Waals surface area contributed by atoms with Crippen LogP contribution in [0.3, 0.4) is 0 Å². The van der Waals surface area contributed by atoms with Crippen molar-refractivity contribution in [3.8, 4) is 0 Å². The first-order valence-corrected chi connectivity index (χ1v) is 11.7. The van der Waals surface area contributed by atoms with Gasteiger partial charge in [0.05, 0.1) is 20.1 Å². The Morgan fingerprint density at radius 3 is 1.77 bits per heavy atom. The van der Waals surface area contributed by atoms with Gasteiger partial charge in [-0.25, -0.2) is 0 Å². The number of unbranched alkanes of at least 4 members (excludes halogenated alkanes) is 9. The minimum absolute atomic E-state index is 0.0978. The number of carboxylic acid groups (broad SMARTS) is 2. The molecule has 0 aliphatic heterocycles. The Hall–Kier alpha value is -1.18. The number of rotatable bonds is 20. The first kappa shape index (κ1) is 28.8. The van der Waals surface area contributed by atoms with Crippen LogP contribution in [-0.4, -0.2) is 70.6 Å². The maximum absolute atomic E-state index is 12.1. The predicted octanol–water partition coefficient (Wildman–Crippen LogP) is 2.47. The summed E-state index contributed by atoms with van der Waals surface area (Å²) in [6.07, 6.45) is 12.2. The number of hydrogen-bond donors (Lipinski definition) is 3. The summed E-state index contributed by atoms with van der Waals surface area (Å²) in [6, 6.07) is -0.229. The maximum Gasteiger partial charge on any atom is 0.310 e. The molecule has 0 aromatic rings. The number of hydrogen-bond acceptors (Lipinski definition) is 5. The SMILES string of the molecule is CCCCCCCCCCCCC(CCO)[N+](C)(C)C(CCO)(CC(=O)O)C(=O)[O-]. The normalized spacial score (nSPS) is 15.0. The fraction of sp³-hybridized carbons (Fsp3) is 0.913. The topological polar surface area (TPSA) is 118 Å². The molecule has 0 heterocycles. The summed E-state index contributed by atoms with van der Waals surface area (Å²) in [4.78, 5) is 23.5. The third kappa shape index (κ3) is 9.31. The van der Waals surface area contributed by atoms with Crippen LogP contribution in [0.5, 0.6) is 0 Å². The van der Waals surface area contributed by atoms with Crippen LogP contribution in [0.1, 0.15) is 96.8 Å². The van der Waals surface area contributed by atoms with Gasteiger partial charge < -0.3 is 29.7 Å². The summed E-state index contributed by atoms with van der Waals surface area (Å²) in [5.74, 6) is -2.70. The van der Waals surface area contributed by atoms with E-state index in [1.54, 1.807) is 14.1 Å². The number of quaternary nitrogens is 1. The van der Waals surface area contributed by atoms with E-state index in [-0.39, 0.29) is 23.6 Å². The molecule has 178 valence electrons. The van der Waals surface area contributed by atoms with E-state index < -0.39 is 30.5 Å². The van der Waals surface area contributed by atoms with Crippen LogP contribution >= 0.6 is 0 Å². The molecule has 30 heavy (non-hydrogen) atoms. The lowest BCUT2D eigenvalue weighted by atomic mass is 9.84. The van der Waals surface area contributed by atoms with Crippen molar-refractivity contribution in [2.75, 3.05) is 27.3 Å². The van der Waals surface area contributed by atoms with E-state index in [1.165, 1.54) is 44.9 Å². The fourth-order valence-corrected chi connectivity index (χ4v) is 4.58. The quantitative estimate of drug-likeness (QED) is 0.201. The van der Waals surface area contributed by atoms with Gasteiger partial charge in [0, 0.05) is 26.1 Å². The fourth-order valence-electron chi connectivity index (χ4n) is 4.58. The van der Waals surface area contributed by atoms with Crippen LogP contribution in [0.15, 0.2) is 0 Å². The monoisotopic (exact) mass is 431 g/mol. The molecule has 7 nitrogen and oxygen atoms in total. The van der Waals surface area contributed by atoms with Gasteiger partial charge in [-0.2, -0.15) is 0 Å². The van der Waals surface area contributed by atoms with E-state index in [2.05, 4.69) is 6.92 Å². The average Bonchev–Trinajstić information content (AvgIpc) is 2.67. The average molecular weight is 432 g/mol. The lowest BCUT2D eigenvalue weighted by Crippen LogP contribution is -2.72. The van der Waals surface area contributed by atoms with E-state index in [9.17, 15) is 30.0 Å². The summed E-state index contributed by atoms with van der Waals surface area (Å²) in [5, 5.41) is 40.4. The zero-order valence-corrected chi connectivity index (χ0v) is 19.4. The predicted molar refractivity (Wildman–Crippen MR) is 116 cm³/mol. The molecule has 0 saturated heterocycles. The third-order valence-corrected chi connectivity index (χ3v) is 6.72. The highest BCUT2D eigenvalue weighted by Gasteiger charge is 2.51. The highest BCUT2D eigenvalue weighted by molar-refractivity contribution is 5.82. The van der Waals surface area contributed by atoms with E-state index in [0.29, 0.717) is 12.8 Å². The molecule has 2 atom stereocenters. The number of nitrogens with zero attached hydrogens (tertiary/aromatic N) is 1. The van der Waals surface area contributed by atoms with Crippen LogP contribution in [0.4, 0.5) is 0 Å². The zero-order chi connectivity index (χ0) is 23.0. The van der Waals surface area contributed by atoms with Crippen molar-refractivity contribution in [2.45, 2.75) is 108 Å². The molecule has 0 aliphatic carbocycles. The second kappa shape index (κ2) is 15.6. The van der Waals surface area contributed by atoms with Crippen molar-refractivity contribution in [3.05, 3.63) is 0 Å². The molecule has 3 N–H and O–H groups in total. The Labute approximate surface area is 182 Å². The Balaban J connectivity index is 4.85. The molecule has 0 aromatic carbocycles. The van der Waals surface area contributed by atoms with Gasteiger partial charge in [0.25, 0.3) is 0 Å². The number of aliphatic hydroxyl groups excluding tert-OH is 2. The Morgan fingerprint density at radius 1 is 0.867 bits per heavy atom. The standard InChI is InChI=1S/C23H45NO6/c1-4-5-6-7-8-9-10-11-12-13-14-20(15-17-25)24(2,3)23(16-18-26,22(29)30)19-21(27)28/h20,25-26H,4-19H2,1-3H3,(H-,27,28,29,30). The molecule has 0 aromatic heterocycles. The molecule has 2 unspecified atom stereocenters. The van der Waals surface area contributed by atoms with Crippen molar-refractivity contribution >= 4 is 11.9 Å². The van der Waals surface area contributed by atoms with Gasteiger partial charge in [-0.1, -0.05) is 64.7 Å². The number of aliphatic hydroxyl groups is 2. The van der Waals surface area contributed by atoms with Crippen molar-refractivity contribution in [3.63, 3.8) is 0 Å². The Bertz CT molecular complexity index is 482. The molecular weight excluding hydrogens is 386 g/mol. The first-order chi connectivity index (χ1) is 14.2. The zero-order valence-electron chi connectivity index (χ0n) is 19.4. The summed E-state index contributed by atoms with van der Waals surface area (Å²) in [6.45, 7) is 1.68. The summed E-state index contributed by atoms with van der Waals surface area (Å²) >= 11 is 0. The van der Waals surface area contributed by atoms with Crippen LogP contribution in [0, 0.1) is 0 Å². The largest absolute Gasteiger partial charge is 0.544 e. The molecule has 0 spiro atoms. The third-order valence-electron chi connectivity index (χ3n) is 6.72. The van der Waals surface area contributed by atoms with Gasteiger partial charge in [0.2, 0.25) is 0 Å². The van der Waals surface area contributed by atoms with Gasteiger partial charge in [-0.15, -0.1) is 0 Å². The summed E-state index contributed by atoms with van der Waals surface area (Å²) in [7, 11) is 3.37. The molecule has 0 radical (unpaired) electrons. The Kier molecular flexibility index (Phi) is 15.0. The van der Waals surface area contributed by atoms with Crippen molar-refractivity contribution in [1.29, 1.82) is 0 Å². The second-order valence-corrected chi connectivity index (χ2v) is 9.04. The van der Waals surface area contributed by atoms with Gasteiger partial charge in [0.15, 0.2) is 5.54 Å². The van der Waals surface area contributed by atoms with Crippen LogP contribution in [-0.2, 0) is 9.59 Å². The Morgan fingerprint density at radius 2 is 1.37 bits per heavy atom. The van der Waals surface area contributed by atoms with E-state index >= 15 is 0 Å². The van der Waals surface area contributed by atoms with Crippen molar-refractivity contribution < 1.29 is 34.5 Å². The minimum Gasteiger partial charge on any atom is -0.544 e. The van der Waals surface area contributed by atoms with Gasteiger partial charge in [-0.3, -0.25) is 4.79 Å². The number of carbonyl (C=O) groups is 2. The molecular formula is C23H45NO6. The number of likely N-dealkylation sites (N-methyl/N-ethyl adjacent to an activating group) is 1. The summed E-state index contributed by atoms with van der Waals surface area (Å²) in [5.41, 5.74) is -1.74. The van der Waals surface area contributed by atoms with Crippen molar-refractivity contribution in [2.24, 2.45) is 0 Å². The molecule has 7 heteroatoms.